The van der Waals surface area contributed by atoms with Crippen LogP contribution in [0, 0.1) is 11.2 Å². The summed E-state index contributed by atoms with van der Waals surface area (Å²) >= 11 is 0. The van der Waals surface area contributed by atoms with E-state index in [0.29, 0.717) is 11.1 Å². The molecule has 0 saturated heterocycles. The summed E-state index contributed by atoms with van der Waals surface area (Å²) in [5.74, 6) is -4.97. The number of amidine groups is 1. The van der Waals surface area contributed by atoms with Gasteiger partial charge in [0, 0.05) is 31.7 Å². The van der Waals surface area contributed by atoms with Crippen LogP contribution in [0.3, 0.4) is 0 Å². The molecule has 10 heteroatoms. The van der Waals surface area contributed by atoms with Crippen molar-refractivity contribution in [1.29, 1.82) is 5.41 Å². The highest BCUT2D eigenvalue weighted by atomic mass is 19.1. The third kappa shape index (κ3) is 5.02. The Morgan fingerprint density at radius 3 is 2.38 bits per heavy atom. The molecule has 0 aliphatic carbocycles. The number of benzene rings is 2. The standard InChI is InChI=1S/C24H24FN5O4/c1-14(31)34-24(33-2,23(32)29-13-15-9-11-16(12-10-15)22(27)28)21-17(5-3-6-18(21)25)19-7-4-8-20(26)30-19/h3-12H,13H2,1-2H3,(H2,26,30)(H3,27,28)(H,29,32). The smallest absolute Gasteiger partial charge is 0.324 e. The van der Waals surface area contributed by atoms with Gasteiger partial charge in [0.1, 0.15) is 17.5 Å². The Labute approximate surface area is 195 Å². The molecule has 6 N–H and O–H groups in total. The number of halogens is 1. The van der Waals surface area contributed by atoms with Gasteiger partial charge in [-0.2, -0.15) is 0 Å². The molecule has 176 valence electrons. The minimum atomic E-state index is -2.45. The van der Waals surface area contributed by atoms with Gasteiger partial charge in [-0.1, -0.05) is 42.5 Å². The number of methoxy groups -OCH3 is 1. The molecular weight excluding hydrogens is 441 g/mol. The zero-order valence-electron chi connectivity index (χ0n) is 18.6. The van der Waals surface area contributed by atoms with Gasteiger partial charge in [0.15, 0.2) is 0 Å². The number of nitrogens with one attached hydrogen (secondary N) is 2. The summed E-state index contributed by atoms with van der Waals surface area (Å²) in [6.45, 7) is 1.09. The van der Waals surface area contributed by atoms with Crippen molar-refractivity contribution in [2.75, 3.05) is 12.8 Å². The van der Waals surface area contributed by atoms with E-state index >= 15 is 4.39 Å². The maximum atomic E-state index is 15.3. The molecule has 0 spiro atoms. The Kier molecular flexibility index (Phi) is 7.22. The predicted octanol–water partition coefficient (Wildman–Crippen LogP) is 2.43. The molecule has 1 aromatic heterocycles. The Hall–Kier alpha value is -4.31. The number of amides is 1. The Bertz CT molecular complexity index is 1230. The lowest BCUT2D eigenvalue weighted by molar-refractivity contribution is -0.225. The number of aromatic nitrogens is 1. The highest BCUT2D eigenvalue weighted by Gasteiger charge is 2.48. The van der Waals surface area contributed by atoms with Gasteiger partial charge in [-0.3, -0.25) is 15.0 Å². The van der Waals surface area contributed by atoms with Crippen LogP contribution in [0.25, 0.3) is 11.3 Å². The van der Waals surface area contributed by atoms with E-state index in [9.17, 15) is 9.59 Å². The number of hydrogen-bond acceptors (Lipinski definition) is 7. The Balaban J connectivity index is 2.05. The molecule has 0 fully saturated rings. The maximum absolute atomic E-state index is 15.3. The average molecular weight is 465 g/mol. The molecule has 34 heavy (non-hydrogen) atoms. The first-order valence-corrected chi connectivity index (χ1v) is 10.2. The van der Waals surface area contributed by atoms with Crippen molar-refractivity contribution in [2.45, 2.75) is 19.3 Å². The van der Waals surface area contributed by atoms with Gasteiger partial charge in [0.05, 0.1) is 11.3 Å². The quantitative estimate of drug-likeness (QED) is 0.172. The van der Waals surface area contributed by atoms with Crippen LogP contribution in [-0.2, 0) is 31.4 Å². The van der Waals surface area contributed by atoms with Crippen LogP contribution in [0.15, 0.2) is 60.7 Å². The van der Waals surface area contributed by atoms with Gasteiger partial charge in [-0.15, -0.1) is 0 Å². The summed E-state index contributed by atoms with van der Waals surface area (Å²) in [5, 5.41) is 10.1. The SMILES string of the molecule is COC(OC(C)=O)(C(=O)NCc1ccc(C(=N)N)cc1)c1c(F)cccc1-c1cccc(N)n1. The summed E-state index contributed by atoms with van der Waals surface area (Å²) < 4.78 is 26.0. The fourth-order valence-electron chi connectivity index (χ4n) is 3.42. The monoisotopic (exact) mass is 465 g/mol. The zero-order valence-corrected chi connectivity index (χ0v) is 18.6. The fourth-order valence-corrected chi connectivity index (χ4v) is 3.42. The largest absolute Gasteiger partial charge is 0.419 e. The molecule has 1 atom stereocenters. The van der Waals surface area contributed by atoms with Gasteiger partial charge in [-0.25, -0.2) is 9.37 Å². The van der Waals surface area contributed by atoms with Gasteiger partial charge in [0.25, 0.3) is 5.91 Å². The van der Waals surface area contributed by atoms with E-state index < -0.39 is 23.5 Å². The number of esters is 1. The minimum absolute atomic E-state index is 0.00368. The second-order valence-electron chi connectivity index (χ2n) is 7.32. The minimum Gasteiger partial charge on any atom is -0.419 e. The maximum Gasteiger partial charge on any atom is 0.324 e. The molecule has 0 aliphatic heterocycles. The van der Waals surface area contributed by atoms with Crippen LogP contribution < -0.4 is 16.8 Å². The van der Waals surface area contributed by atoms with Crippen molar-refractivity contribution < 1.29 is 23.5 Å². The van der Waals surface area contributed by atoms with E-state index in [0.717, 1.165) is 20.1 Å². The Morgan fingerprint density at radius 1 is 1.12 bits per heavy atom. The first-order valence-electron chi connectivity index (χ1n) is 10.2. The van der Waals surface area contributed by atoms with E-state index in [4.69, 9.17) is 26.4 Å². The molecule has 3 rings (SSSR count). The molecule has 0 saturated carbocycles. The molecule has 0 aliphatic rings. The Morgan fingerprint density at radius 2 is 1.79 bits per heavy atom. The first-order chi connectivity index (χ1) is 16.2. The molecule has 2 aromatic carbocycles. The summed E-state index contributed by atoms with van der Waals surface area (Å²) in [6, 6.07) is 15.4. The lowest BCUT2D eigenvalue weighted by Crippen LogP contribution is -2.49. The van der Waals surface area contributed by atoms with Crippen molar-refractivity contribution in [3.05, 3.63) is 83.2 Å². The van der Waals surface area contributed by atoms with E-state index in [1.807, 2.05) is 0 Å². The molecular formula is C24H24FN5O4. The molecule has 1 unspecified atom stereocenters. The number of nitrogens with two attached hydrogens (primary N) is 2. The number of anilines is 1. The lowest BCUT2D eigenvalue weighted by atomic mass is 9.94. The van der Waals surface area contributed by atoms with Crippen molar-refractivity contribution in [3.8, 4) is 11.3 Å². The predicted molar refractivity (Wildman–Crippen MR) is 124 cm³/mol. The van der Waals surface area contributed by atoms with E-state index in [2.05, 4.69) is 10.3 Å². The summed E-state index contributed by atoms with van der Waals surface area (Å²) in [4.78, 5) is 29.6. The number of nitrogens with zero attached hydrogens (tertiary/aromatic N) is 1. The molecule has 1 heterocycles. The lowest BCUT2D eigenvalue weighted by Gasteiger charge is -2.32. The highest BCUT2D eigenvalue weighted by molar-refractivity contribution is 5.95. The number of ether oxygens (including phenoxy) is 2. The van der Waals surface area contributed by atoms with Crippen LogP contribution in [0.5, 0.6) is 0 Å². The summed E-state index contributed by atoms with van der Waals surface area (Å²) in [5.41, 5.74) is 12.5. The van der Waals surface area contributed by atoms with E-state index in [1.165, 1.54) is 12.1 Å². The number of nitrogen functional groups attached to an aromatic ring is 2. The second-order valence-corrected chi connectivity index (χ2v) is 7.32. The second kappa shape index (κ2) is 10.1. The molecule has 0 radical (unpaired) electrons. The normalized spacial score (nSPS) is 12.4. The van der Waals surface area contributed by atoms with E-state index in [1.54, 1.807) is 42.5 Å². The van der Waals surface area contributed by atoms with Crippen molar-refractivity contribution in [3.63, 3.8) is 0 Å². The van der Waals surface area contributed by atoms with E-state index in [-0.39, 0.29) is 35.0 Å². The van der Waals surface area contributed by atoms with Gasteiger partial charge in [-0.05, 0) is 23.8 Å². The fraction of sp³-hybridized carbons (Fsp3) is 0.167. The van der Waals surface area contributed by atoms with Crippen molar-refractivity contribution in [2.24, 2.45) is 5.73 Å². The average Bonchev–Trinajstić information content (AvgIpc) is 2.81. The summed E-state index contributed by atoms with van der Waals surface area (Å²) in [6.07, 6.45) is 0. The van der Waals surface area contributed by atoms with Crippen LogP contribution in [-0.4, -0.2) is 29.8 Å². The summed E-state index contributed by atoms with van der Waals surface area (Å²) in [7, 11) is 1.13. The topological polar surface area (TPSA) is 153 Å². The van der Waals surface area contributed by atoms with Gasteiger partial charge < -0.3 is 26.3 Å². The van der Waals surface area contributed by atoms with Crippen molar-refractivity contribution in [1.82, 2.24) is 10.3 Å². The first kappa shape index (κ1) is 24.3. The van der Waals surface area contributed by atoms with Crippen molar-refractivity contribution >= 4 is 23.5 Å². The molecule has 0 bridgehead atoms. The number of carbonyl (C=O) groups is 2. The molecule has 9 nitrogen and oxygen atoms in total. The number of rotatable bonds is 8. The van der Waals surface area contributed by atoms with Crippen LogP contribution in [0.1, 0.15) is 23.6 Å². The third-order valence-corrected chi connectivity index (χ3v) is 4.98. The van der Waals surface area contributed by atoms with Crippen LogP contribution in [0.4, 0.5) is 10.2 Å². The number of pyridine rings is 1. The van der Waals surface area contributed by atoms with Crippen LogP contribution >= 0.6 is 0 Å². The highest BCUT2D eigenvalue weighted by Crippen LogP contribution is 2.37. The number of carbonyl (C=O) groups excluding carboxylic acids is 2. The molecule has 3 aromatic rings. The van der Waals surface area contributed by atoms with Gasteiger partial charge >= 0.3 is 11.8 Å². The number of hydrogen-bond donors (Lipinski definition) is 4. The molecule has 1 amide bonds. The third-order valence-electron chi connectivity index (χ3n) is 4.98. The van der Waals surface area contributed by atoms with Gasteiger partial charge in [0.2, 0.25) is 0 Å². The van der Waals surface area contributed by atoms with Crippen LogP contribution in [0.2, 0.25) is 0 Å². The zero-order chi connectivity index (χ0) is 24.9.